The first kappa shape index (κ1) is 14.5. The van der Waals surface area contributed by atoms with Crippen molar-refractivity contribution in [2.45, 2.75) is 25.8 Å². The van der Waals surface area contributed by atoms with E-state index >= 15 is 0 Å². The van der Waals surface area contributed by atoms with Crippen molar-refractivity contribution >= 4 is 35.6 Å². The maximum Gasteiger partial charge on any atom is 0.240 e. The number of nitrogens with one attached hydrogen (secondary N) is 2. The van der Waals surface area contributed by atoms with Crippen molar-refractivity contribution in [3.63, 3.8) is 0 Å². The Labute approximate surface area is 112 Å². The minimum Gasteiger partial charge on any atom is -0.326 e. The molecular weight excluding hydrogens is 254 g/mol. The molecule has 18 heavy (non-hydrogen) atoms. The highest BCUT2D eigenvalue weighted by molar-refractivity contribution is 5.96. The molecule has 5 nitrogen and oxygen atoms in total. The molecule has 0 fully saturated rings. The summed E-state index contributed by atoms with van der Waals surface area (Å²) >= 11 is 0. The first-order valence-electron chi connectivity index (χ1n) is 5.55. The zero-order valence-electron chi connectivity index (χ0n) is 10.0. The number of hydrogen-bond acceptors (Lipinski definition) is 3. The van der Waals surface area contributed by atoms with Crippen LogP contribution in [-0.4, -0.2) is 17.9 Å². The predicted molar refractivity (Wildman–Crippen MR) is 72.9 cm³/mol. The minimum absolute atomic E-state index is 0. The van der Waals surface area contributed by atoms with Crippen LogP contribution in [0.25, 0.3) is 0 Å². The van der Waals surface area contributed by atoms with Crippen molar-refractivity contribution in [2.75, 3.05) is 10.6 Å². The Morgan fingerprint density at radius 3 is 2.83 bits per heavy atom. The number of amides is 2. The second kappa shape index (κ2) is 5.84. The van der Waals surface area contributed by atoms with Gasteiger partial charge in [-0.15, -0.1) is 12.4 Å². The Hall–Kier alpha value is -1.59. The molecular formula is C12H16ClN3O2. The number of rotatable bonds is 2. The number of hydrogen-bond donors (Lipinski definition) is 3. The molecule has 0 spiro atoms. The number of anilines is 2. The second-order valence-corrected chi connectivity index (χ2v) is 4.20. The van der Waals surface area contributed by atoms with E-state index < -0.39 is 6.04 Å². The van der Waals surface area contributed by atoms with Gasteiger partial charge in [0.25, 0.3) is 0 Å². The summed E-state index contributed by atoms with van der Waals surface area (Å²) in [5.74, 6) is -0.185. The third-order valence-electron chi connectivity index (χ3n) is 2.68. The molecule has 98 valence electrons. The van der Waals surface area contributed by atoms with E-state index in [4.69, 9.17) is 5.73 Å². The van der Waals surface area contributed by atoms with Crippen LogP contribution in [0.4, 0.5) is 11.4 Å². The number of carbonyl (C=O) groups excluding carboxylic acids is 2. The largest absolute Gasteiger partial charge is 0.326 e. The highest BCUT2D eigenvalue weighted by atomic mass is 35.5. The lowest BCUT2D eigenvalue weighted by Crippen LogP contribution is -2.32. The molecule has 2 amide bonds. The third kappa shape index (κ3) is 3.21. The second-order valence-electron chi connectivity index (χ2n) is 4.20. The summed E-state index contributed by atoms with van der Waals surface area (Å²) in [5, 5.41) is 5.51. The molecule has 0 aromatic heterocycles. The van der Waals surface area contributed by atoms with Crippen molar-refractivity contribution in [1.82, 2.24) is 0 Å². The molecule has 1 aromatic rings. The first-order valence-corrected chi connectivity index (χ1v) is 5.55. The molecule has 2 rings (SSSR count). The summed E-state index contributed by atoms with van der Waals surface area (Å²) < 4.78 is 0. The molecule has 1 aliphatic heterocycles. The standard InChI is InChI=1S/C12H15N3O2.ClH/c1-7(13)12(17)14-9-3-4-10-8(6-9)2-5-11(16)15-10;/h3-4,6-7H,2,5,13H2,1H3,(H,14,17)(H,15,16);1H/t7-;/m1./s1. The Bertz CT molecular complexity index is 474. The van der Waals surface area contributed by atoms with Crippen LogP contribution in [0, 0.1) is 0 Å². The predicted octanol–water partition coefficient (Wildman–Crippen LogP) is 1.28. The highest BCUT2D eigenvalue weighted by Gasteiger charge is 2.15. The van der Waals surface area contributed by atoms with Gasteiger partial charge in [0, 0.05) is 17.8 Å². The maximum atomic E-state index is 11.4. The van der Waals surface area contributed by atoms with Gasteiger partial charge in [0.15, 0.2) is 0 Å². The zero-order chi connectivity index (χ0) is 12.4. The van der Waals surface area contributed by atoms with Crippen LogP contribution in [0.1, 0.15) is 18.9 Å². The van der Waals surface area contributed by atoms with Gasteiger partial charge >= 0.3 is 0 Å². The molecule has 1 atom stereocenters. The number of benzene rings is 1. The number of carbonyl (C=O) groups is 2. The summed E-state index contributed by atoms with van der Waals surface area (Å²) in [6.45, 7) is 1.63. The molecule has 0 unspecified atom stereocenters. The van der Waals surface area contributed by atoms with Gasteiger partial charge in [-0.25, -0.2) is 0 Å². The van der Waals surface area contributed by atoms with E-state index in [1.165, 1.54) is 0 Å². The maximum absolute atomic E-state index is 11.4. The van der Waals surface area contributed by atoms with Crippen molar-refractivity contribution in [1.29, 1.82) is 0 Å². The van der Waals surface area contributed by atoms with Crippen LogP contribution in [-0.2, 0) is 16.0 Å². The van der Waals surface area contributed by atoms with E-state index in [9.17, 15) is 9.59 Å². The van der Waals surface area contributed by atoms with Gasteiger partial charge in [-0.05, 0) is 37.1 Å². The lowest BCUT2D eigenvalue weighted by atomic mass is 10.0. The molecule has 0 aliphatic carbocycles. The Kier molecular flexibility index (Phi) is 4.69. The van der Waals surface area contributed by atoms with E-state index in [1.54, 1.807) is 19.1 Å². The lowest BCUT2D eigenvalue weighted by Gasteiger charge is -2.18. The summed E-state index contributed by atoms with van der Waals surface area (Å²) in [6.07, 6.45) is 1.18. The first-order chi connectivity index (χ1) is 8.06. The molecule has 1 heterocycles. The molecule has 0 radical (unpaired) electrons. The van der Waals surface area contributed by atoms with Gasteiger partial charge in [0.1, 0.15) is 0 Å². The average molecular weight is 270 g/mol. The van der Waals surface area contributed by atoms with E-state index in [2.05, 4.69) is 10.6 Å². The topological polar surface area (TPSA) is 84.2 Å². The molecule has 1 aromatic carbocycles. The van der Waals surface area contributed by atoms with Crippen molar-refractivity contribution in [3.05, 3.63) is 23.8 Å². The number of fused-ring (bicyclic) bond motifs is 1. The monoisotopic (exact) mass is 269 g/mol. The van der Waals surface area contributed by atoms with Gasteiger partial charge in [0.2, 0.25) is 11.8 Å². The summed E-state index contributed by atoms with van der Waals surface area (Å²) in [6, 6.07) is 4.88. The summed E-state index contributed by atoms with van der Waals surface area (Å²) in [4.78, 5) is 22.6. The van der Waals surface area contributed by atoms with E-state index in [-0.39, 0.29) is 24.2 Å². The molecule has 0 bridgehead atoms. The van der Waals surface area contributed by atoms with Gasteiger partial charge in [-0.2, -0.15) is 0 Å². The van der Waals surface area contributed by atoms with Crippen LogP contribution in [0.3, 0.4) is 0 Å². The van der Waals surface area contributed by atoms with Crippen LogP contribution in [0.15, 0.2) is 18.2 Å². The molecule has 1 aliphatic rings. The summed E-state index contributed by atoms with van der Waals surface area (Å²) in [7, 11) is 0. The number of aryl methyl sites for hydroxylation is 1. The fraction of sp³-hybridized carbons (Fsp3) is 0.333. The van der Waals surface area contributed by atoms with E-state index in [0.29, 0.717) is 18.5 Å². The van der Waals surface area contributed by atoms with E-state index in [1.807, 2.05) is 6.07 Å². The number of halogens is 1. The number of nitrogens with two attached hydrogens (primary N) is 1. The van der Waals surface area contributed by atoms with Gasteiger partial charge < -0.3 is 16.4 Å². The molecule has 0 saturated heterocycles. The Balaban J connectivity index is 0.00000162. The fourth-order valence-corrected chi connectivity index (χ4v) is 1.72. The normalized spacial score (nSPS) is 14.9. The fourth-order valence-electron chi connectivity index (χ4n) is 1.72. The lowest BCUT2D eigenvalue weighted by molar-refractivity contribution is -0.117. The third-order valence-corrected chi connectivity index (χ3v) is 2.68. The smallest absolute Gasteiger partial charge is 0.240 e. The van der Waals surface area contributed by atoms with Gasteiger partial charge in [-0.3, -0.25) is 9.59 Å². The SMILES string of the molecule is C[C@@H](N)C(=O)Nc1ccc2c(c1)CCC(=O)N2.Cl. The molecule has 0 saturated carbocycles. The van der Waals surface area contributed by atoms with Gasteiger partial charge in [0.05, 0.1) is 6.04 Å². The Morgan fingerprint density at radius 1 is 1.44 bits per heavy atom. The van der Waals surface area contributed by atoms with Crippen molar-refractivity contribution < 1.29 is 9.59 Å². The highest BCUT2D eigenvalue weighted by Crippen LogP contribution is 2.25. The quantitative estimate of drug-likeness (QED) is 0.756. The molecule has 6 heteroatoms. The Morgan fingerprint density at radius 2 is 2.17 bits per heavy atom. The van der Waals surface area contributed by atoms with Gasteiger partial charge in [-0.1, -0.05) is 0 Å². The van der Waals surface area contributed by atoms with Crippen molar-refractivity contribution in [3.8, 4) is 0 Å². The van der Waals surface area contributed by atoms with Crippen molar-refractivity contribution in [2.24, 2.45) is 5.73 Å². The minimum atomic E-state index is -0.536. The van der Waals surface area contributed by atoms with Crippen LogP contribution in [0.5, 0.6) is 0 Å². The molecule has 4 N–H and O–H groups in total. The van der Waals surface area contributed by atoms with Crippen LogP contribution in [0.2, 0.25) is 0 Å². The zero-order valence-corrected chi connectivity index (χ0v) is 10.8. The summed E-state index contributed by atoms with van der Waals surface area (Å²) in [5.41, 5.74) is 8.03. The van der Waals surface area contributed by atoms with Crippen LogP contribution < -0.4 is 16.4 Å². The van der Waals surface area contributed by atoms with Crippen LogP contribution >= 0.6 is 12.4 Å². The average Bonchev–Trinajstić information content (AvgIpc) is 2.29. The van der Waals surface area contributed by atoms with E-state index in [0.717, 1.165) is 11.3 Å².